The zero-order valence-corrected chi connectivity index (χ0v) is 10.1. The molecule has 0 heterocycles. The monoisotopic (exact) mass is 269 g/mol. The molecule has 0 saturated carbocycles. The normalized spacial score (nSPS) is 14.3. The molecular weight excluding hydrogens is 258 g/mol. The topological polar surface area (TPSA) is 119 Å². The molecule has 6 nitrogen and oxygen atoms in total. The van der Waals surface area contributed by atoms with Gasteiger partial charge in [0.1, 0.15) is 11.8 Å². The number of rotatable bonds is 5. The Kier molecular flexibility index (Phi) is 4.41. The third kappa shape index (κ3) is 2.66. The summed E-state index contributed by atoms with van der Waals surface area (Å²) in [6, 6.07) is 4.39. The van der Waals surface area contributed by atoms with E-state index in [1.807, 2.05) is 0 Å². The van der Waals surface area contributed by atoms with Crippen molar-refractivity contribution in [3.05, 3.63) is 34.3 Å². The van der Waals surface area contributed by atoms with Gasteiger partial charge in [0.2, 0.25) is 0 Å². The minimum Gasteiger partial charge on any atom is -0.480 e. The van der Waals surface area contributed by atoms with E-state index in [2.05, 4.69) is 5.10 Å². The highest BCUT2D eigenvalue weighted by Gasteiger charge is 2.36. The molecule has 0 bridgehead atoms. The summed E-state index contributed by atoms with van der Waals surface area (Å²) in [5, 5.41) is 12.7. The maximum absolute atomic E-state index is 11.2. The Morgan fingerprint density at radius 2 is 2.22 bits per heavy atom. The van der Waals surface area contributed by atoms with Crippen molar-refractivity contribution in [1.29, 1.82) is 0 Å². The number of nitrogens with zero attached hydrogens (tertiary/aromatic N) is 1. The molecular formula is C11H12ClN3O3. The summed E-state index contributed by atoms with van der Waals surface area (Å²) in [5.74, 6) is 3.69. The fourth-order valence-corrected chi connectivity index (χ4v) is 1.68. The summed E-state index contributed by atoms with van der Waals surface area (Å²) >= 11 is 5.94. The molecule has 0 aliphatic rings. The lowest BCUT2D eigenvalue weighted by molar-refractivity contribution is -0.144. The van der Waals surface area contributed by atoms with Gasteiger partial charge in [-0.05, 0) is 11.6 Å². The van der Waals surface area contributed by atoms with Crippen LogP contribution in [0.3, 0.4) is 0 Å². The van der Waals surface area contributed by atoms with Gasteiger partial charge in [0.15, 0.2) is 0 Å². The highest BCUT2D eigenvalue weighted by atomic mass is 35.5. The van der Waals surface area contributed by atoms with Gasteiger partial charge >= 0.3 is 5.97 Å². The summed E-state index contributed by atoms with van der Waals surface area (Å²) in [4.78, 5) is 21.7. The van der Waals surface area contributed by atoms with Crippen LogP contribution in [-0.2, 0) is 15.1 Å². The van der Waals surface area contributed by atoms with Crippen molar-refractivity contribution in [3.8, 4) is 0 Å². The molecule has 1 aromatic carbocycles. The number of nitrogens with two attached hydrogens (primary N) is 2. The number of aldehydes is 1. The van der Waals surface area contributed by atoms with Gasteiger partial charge in [-0.2, -0.15) is 5.10 Å². The van der Waals surface area contributed by atoms with Gasteiger partial charge in [-0.3, -0.25) is 0 Å². The fourth-order valence-electron chi connectivity index (χ4n) is 1.45. The van der Waals surface area contributed by atoms with E-state index in [4.69, 9.17) is 28.3 Å². The van der Waals surface area contributed by atoms with Crippen molar-refractivity contribution in [2.45, 2.75) is 12.0 Å². The predicted molar refractivity (Wildman–Crippen MR) is 67.4 cm³/mol. The van der Waals surface area contributed by atoms with Crippen LogP contribution in [0.15, 0.2) is 23.3 Å². The first-order valence-electron chi connectivity index (χ1n) is 4.95. The van der Waals surface area contributed by atoms with Gasteiger partial charge in [-0.25, -0.2) is 4.79 Å². The van der Waals surface area contributed by atoms with Crippen molar-refractivity contribution in [2.24, 2.45) is 16.7 Å². The van der Waals surface area contributed by atoms with Crippen molar-refractivity contribution in [2.75, 3.05) is 0 Å². The number of carbonyl (C=O) groups excluding carboxylic acids is 1. The Hall–Kier alpha value is -1.92. The summed E-state index contributed by atoms with van der Waals surface area (Å²) in [5.41, 5.74) is 4.70. The Balaban J connectivity index is 3.27. The number of carbonyl (C=O) groups is 2. The Labute approximate surface area is 108 Å². The average Bonchev–Trinajstić information content (AvgIpc) is 2.32. The van der Waals surface area contributed by atoms with Crippen LogP contribution >= 0.6 is 11.6 Å². The molecule has 1 unspecified atom stereocenters. The Bertz CT molecular complexity index is 504. The molecule has 0 spiro atoms. The van der Waals surface area contributed by atoms with Gasteiger partial charge in [0.05, 0.1) is 6.21 Å². The number of carboxylic acids is 1. The van der Waals surface area contributed by atoms with E-state index < -0.39 is 11.5 Å². The predicted octanol–water partition coefficient (Wildman–Crippen LogP) is 0.460. The molecule has 0 aromatic heterocycles. The first-order chi connectivity index (χ1) is 8.45. The van der Waals surface area contributed by atoms with Crippen LogP contribution in [0.25, 0.3) is 0 Å². The minimum absolute atomic E-state index is 0.237. The number of hydrogen-bond acceptors (Lipinski definition) is 5. The first-order valence-corrected chi connectivity index (χ1v) is 5.32. The Morgan fingerprint density at radius 1 is 1.56 bits per heavy atom. The second-order valence-corrected chi connectivity index (χ2v) is 4.07. The molecule has 0 saturated heterocycles. The SMILES string of the molecule is NN=Cc1ccc(C(N)(CC=O)C(=O)O)cc1Cl. The molecule has 7 heteroatoms. The zero-order valence-electron chi connectivity index (χ0n) is 9.34. The van der Waals surface area contributed by atoms with Gasteiger partial charge in [-0.1, -0.05) is 23.7 Å². The lowest BCUT2D eigenvalue weighted by atomic mass is 9.88. The molecule has 18 heavy (non-hydrogen) atoms. The number of benzene rings is 1. The third-order valence-corrected chi connectivity index (χ3v) is 2.84. The molecule has 0 aliphatic heterocycles. The summed E-state index contributed by atoms with van der Waals surface area (Å²) in [7, 11) is 0. The minimum atomic E-state index is -1.79. The van der Waals surface area contributed by atoms with Gasteiger partial charge in [0, 0.05) is 17.0 Å². The van der Waals surface area contributed by atoms with E-state index in [1.165, 1.54) is 24.4 Å². The molecule has 0 fully saturated rings. The van der Waals surface area contributed by atoms with E-state index >= 15 is 0 Å². The fraction of sp³-hybridized carbons (Fsp3) is 0.182. The summed E-state index contributed by atoms with van der Waals surface area (Å²) in [6.07, 6.45) is 1.44. The highest BCUT2D eigenvalue weighted by molar-refractivity contribution is 6.33. The standard InChI is InChI=1S/C11H12ClN3O3/c12-9-5-8(2-1-7(9)6-15-14)11(13,3-4-16)10(17)18/h1-2,4-6H,3,13-14H2,(H,17,18). The van der Waals surface area contributed by atoms with Crippen LogP contribution in [0.4, 0.5) is 0 Å². The molecule has 0 radical (unpaired) electrons. The second kappa shape index (κ2) is 5.61. The quantitative estimate of drug-likeness (QED) is 0.310. The number of halogens is 1. The van der Waals surface area contributed by atoms with Crippen LogP contribution in [0.2, 0.25) is 5.02 Å². The average molecular weight is 270 g/mol. The molecule has 96 valence electrons. The summed E-state index contributed by atoms with van der Waals surface area (Å²) in [6.45, 7) is 0. The van der Waals surface area contributed by atoms with Crippen LogP contribution in [0.1, 0.15) is 17.5 Å². The van der Waals surface area contributed by atoms with Crippen LogP contribution in [0.5, 0.6) is 0 Å². The smallest absolute Gasteiger partial charge is 0.328 e. The van der Waals surface area contributed by atoms with Crippen molar-refractivity contribution in [1.82, 2.24) is 0 Å². The van der Waals surface area contributed by atoms with E-state index in [-0.39, 0.29) is 17.0 Å². The number of hydrazone groups is 1. The van der Waals surface area contributed by atoms with Crippen LogP contribution < -0.4 is 11.6 Å². The van der Waals surface area contributed by atoms with E-state index in [1.54, 1.807) is 0 Å². The maximum Gasteiger partial charge on any atom is 0.328 e. The molecule has 1 aromatic rings. The zero-order chi connectivity index (χ0) is 13.8. The molecule has 1 rings (SSSR count). The number of carboxylic acid groups (broad SMARTS) is 1. The molecule has 5 N–H and O–H groups in total. The molecule has 0 amide bonds. The summed E-state index contributed by atoms with van der Waals surface area (Å²) < 4.78 is 0. The van der Waals surface area contributed by atoms with Crippen LogP contribution in [-0.4, -0.2) is 23.6 Å². The first kappa shape index (κ1) is 14.1. The van der Waals surface area contributed by atoms with Gasteiger partial charge in [-0.15, -0.1) is 0 Å². The lowest BCUT2D eigenvalue weighted by Crippen LogP contribution is -2.45. The molecule has 0 aliphatic carbocycles. The van der Waals surface area contributed by atoms with Crippen molar-refractivity contribution < 1.29 is 14.7 Å². The third-order valence-electron chi connectivity index (χ3n) is 2.52. The van der Waals surface area contributed by atoms with Gasteiger partial charge in [0.25, 0.3) is 0 Å². The lowest BCUT2D eigenvalue weighted by Gasteiger charge is -2.23. The second-order valence-electron chi connectivity index (χ2n) is 3.66. The van der Waals surface area contributed by atoms with Crippen LogP contribution in [0, 0.1) is 0 Å². The van der Waals surface area contributed by atoms with Crippen molar-refractivity contribution in [3.63, 3.8) is 0 Å². The van der Waals surface area contributed by atoms with E-state index in [9.17, 15) is 9.59 Å². The number of hydrogen-bond donors (Lipinski definition) is 3. The largest absolute Gasteiger partial charge is 0.480 e. The highest BCUT2D eigenvalue weighted by Crippen LogP contribution is 2.26. The maximum atomic E-state index is 11.2. The van der Waals surface area contributed by atoms with Crippen molar-refractivity contribution >= 4 is 30.1 Å². The Morgan fingerprint density at radius 3 is 2.67 bits per heavy atom. The van der Waals surface area contributed by atoms with E-state index in [0.717, 1.165) is 0 Å². The molecule has 1 atom stereocenters. The van der Waals surface area contributed by atoms with Gasteiger partial charge < -0.3 is 21.5 Å². The number of aliphatic carboxylic acids is 1. The van der Waals surface area contributed by atoms with E-state index in [0.29, 0.717) is 11.8 Å².